The van der Waals surface area contributed by atoms with Crippen molar-refractivity contribution < 1.29 is 4.74 Å². The lowest BCUT2D eigenvalue weighted by Gasteiger charge is -2.33. The van der Waals surface area contributed by atoms with Gasteiger partial charge in [-0.05, 0) is 12.3 Å². The van der Waals surface area contributed by atoms with Gasteiger partial charge in [0.25, 0.3) is 0 Å². The summed E-state index contributed by atoms with van der Waals surface area (Å²) in [6.07, 6.45) is 4.78. The molecule has 56 valence electrons. The minimum Gasteiger partial charge on any atom is -0.491 e. The van der Waals surface area contributed by atoms with Crippen molar-refractivity contribution >= 4 is 0 Å². The molecular weight excluding hydrogens is 126 g/mol. The van der Waals surface area contributed by atoms with Gasteiger partial charge in [-0.25, -0.2) is 0 Å². The van der Waals surface area contributed by atoms with Gasteiger partial charge in [-0.1, -0.05) is 6.92 Å². The van der Waals surface area contributed by atoms with Crippen LogP contribution in [-0.4, -0.2) is 12.6 Å². The highest BCUT2D eigenvalue weighted by molar-refractivity contribution is 5.01. The van der Waals surface area contributed by atoms with Crippen LogP contribution in [0.25, 0.3) is 0 Å². The van der Waals surface area contributed by atoms with Gasteiger partial charge in [0, 0.05) is 12.6 Å². The van der Waals surface area contributed by atoms with Crippen molar-refractivity contribution in [1.82, 2.24) is 5.32 Å². The van der Waals surface area contributed by atoms with E-state index in [2.05, 4.69) is 12.2 Å². The maximum absolute atomic E-state index is 5.59. The summed E-state index contributed by atoms with van der Waals surface area (Å²) in [6.45, 7) is 3.28. The van der Waals surface area contributed by atoms with Gasteiger partial charge in [0.2, 0.25) is 0 Å². The average molecular weight is 139 g/mol. The van der Waals surface area contributed by atoms with Crippen LogP contribution in [-0.2, 0) is 4.74 Å². The van der Waals surface area contributed by atoms with Crippen molar-refractivity contribution in [1.29, 1.82) is 0 Å². The van der Waals surface area contributed by atoms with E-state index >= 15 is 0 Å². The molecule has 2 aliphatic heterocycles. The van der Waals surface area contributed by atoms with E-state index in [1.165, 1.54) is 6.42 Å². The van der Waals surface area contributed by atoms with Gasteiger partial charge < -0.3 is 10.1 Å². The fraction of sp³-hybridized carbons (Fsp3) is 0.750. The maximum Gasteiger partial charge on any atom is 0.116 e. The first-order valence-electron chi connectivity index (χ1n) is 3.93. The van der Waals surface area contributed by atoms with Crippen LogP contribution in [0.2, 0.25) is 0 Å². The third kappa shape index (κ3) is 0.981. The zero-order valence-electron chi connectivity index (χ0n) is 6.26. The molecule has 1 fully saturated rings. The predicted octanol–water partition coefficient (Wildman–Crippen LogP) is 1.25. The fourth-order valence-electron chi connectivity index (χ4n) is 1.71. The molecule has 1 saturated heterocycles. The summed E-state index contributed by atoms with van der Waals surface area (Å²) >= 11 is 0. The number of hydrogen-bond acceptors (Lipinski definition) is 2. The maximum atomic E-state index is 5.59. The molecule has 0 aromatic carbocycles. The minimum atomic E-state index is 0.448. The molecule has 0 radical (unpaired) electrons. The number of nitrogens with one attached hydrogen (secondary N) is 1. The summed E-state index contributed by atoms with van der Waals surface area (Å²) in [5.74, 6) is 1.96. The molecule has 0 spiro atoms. The van der Waals surface area contributed by atoms with Crippen LogP contribution in [0.3, 0.4) is 0 Å². The summed E-state index contributed by atoms with van der Waals surface area (Å²) < 4.78 is 5.59. The molecule has 2 bridgehead atoms. The molecule has 1 N–H and O–H groups in total. The molecule has 2 heteroatoms. The Hall–Kier alpha value is -0.660. The number of fused-ring (bicyclic) bond motifs is 2. The third-order valence-corrected chi connectivity index (χ3v) is 2.14. The van der Waals surface area contributed by atoms with E-state index in [0.717, 1.165) is 24.6 Å². The molecule has 2 heterocycles. The van der Waals surface area contributed by atoms with Gasteiger partial charge in [-0.3, -0.25) is 0 Å². The van der Waals surface area contributed by atoms with Gasteiger partial charge in [-0.15, -0.1) is 0 Å². The van der Waals surface area contributed by atoms with Gasteiger partial charge in [0.05, 0.1) is 6.54 Å². The standard InChI is InChI=1S/C8H13NO/c1-6-2-7-4-9-5-8(3-6)10-7/h4,6,8-9H,2-3,5H2,1H3/t6?,8-/m1/s1. The molecule has 2 nitrogen and oxygen atoms in total. The molecule has 0 saturated carbocycles. The third-order valence-electron chi connectivity index (χ3n) is 2.14. The molecule has 0 aliphatic carbocycles. The zero-order chi connectivity index (χ0) is 6.97. The second-order valence-electron chi connectivity index (χ2n) is 3.30. The second-order valence-corrected chi connectivity index (χ2v) is 3.30. The first-order chi connectivity index (χ1) is 4.84. The smallest absolute Gasteiger partial charge is 0.116 e. The van der Waals surface area contributed by atoms with Crippen molar-refractivity contribution in [3.63, 3.8) is 0 Å². The lowest BCUT2D eigenvalue weighted by Crippen LogP contribution is -2.36. The van der Waals surface area contributed by atoms with E-state index in [9.17, 15) is 0 Å². The summed E-state index contributed by atoms with van der Waals surface area (Å²) in [7, 11) is 0. The molecule has 2 atom stereocenters. The van der Waals surface area contributed by atoms with Crippen LogP contribution in [0.1, 0.15) is 19.8 Å². The van der Waals surface area contributed by atoms with Crippen LogP contribution in [0.4, 0.5) is 0 Å². The molecule has 2 rings (SSSR count). The van der Waals surface area contributed by atoms with Crippen molar-refractivity contribution in [2.24, 2.45) is 5.92 Å². The Labute approximate surface area is 61.3 Å². The highest BCUT2D eigenvalue weighted by Crippen LogP contribution is 2.28. The first-order valence-corrected chi connectivity index (χ1v) is 3.93. The van der Waals surface area contributed by atoms with Crippen molar-refractivity contribution in [2.75, 3.05) is 6.54 Å². The molecule has 1 unspecified atom stereocenters. The van der Waals surface area contributed by atoms with Crippen molar-refractivity contribution in [3.8, 4) is 0 Å². The Morgan fingerprint density at radius 3 is 3.40 bits per heavy atom. The van der Waals surface area contributed by atoms with Crippen LogP contribution < -0.4 is 5.32 Å². The predicted molar refractivity (Wildman–Crippen MR) is 39.4 cm³/mol. The molecule has 0 aromatic heterocycles. The van der Waals surface area contributed by atoms with Crippen LogP contribution in [0.15, 0.2) is 12.0 Å². The molecule has 0 aromatic rings. The van der Waals surface area contributed by atoms with E-state index in [1.807, 2.05) is 6.20 Å². The Balaban J connectivity index is 2.12. The lowest BCUT2D eigenvalue weighted by atomic mass is 9.95. The minimum absolute atomic E-state index is 0.448. The lowest BCUT2D eigenvalue weighted by molar-refractivity contribution is 0.0400. The average Bonchev–Trinajstić information content (AvgIpc) is 1.85. The van der Waals surface area contributed by atoms with E-state index in [1.54, 1.807) is 0 Å². The van der Waals surface area contributed by atoms with Gasteiger partial charge in [0.15, 0.2) is 0 Å². The fourth-order valence-corrected chi connectivity index (χ4v) is 1.71. The Morgan fingerprint density at radius 2 is 2.60 bits per heavy atom. The second kappa shape index (κ2) is 2.19. The number of hydrogen-bond donors (Lipinski definition) is 1. The normalized spacial score (nSPS) is 37.5. The molecular formula is C8H13NO. The van der Waals surface area contributed by atoms with Gasteiger partial charge >= 0.3 is 0 Å². The SMILES string of the molecule is CC1CC2=CNC[C@@H](C1)O2. The summed E-state index contributed by atoms with van der Waals surface area (Å²) in [6, 6.07) is 0. The largest absolute Gasteiger partial charge is 0.491 e. The van der Waals surface area contributed by atoms with Crippen LogP contribution in [0, 0.1) is 5.92 Å². The van der Waals surface area contributed by atoms with Crippen molar-refractivity contribution in [2.45, 2.75) is 25.9 Å². The Kier molecular flexibility index (Phi) is 1.33. The Morgan fingerprint density at radius 1 is 1.70 bits per heavy atom. The highest BCUT2D eigenvalue weighted by Gasteiger charge is 2.25. The zero-order valence-corrected chi connectivity index (χ0v) is 6.26. The number of ether oxygens (including phenoxy) is 1. The van der Waals surface area contributed by atoms with Crippen LogP contribution >= 0.6 is 0 Å². The number of rotatable bonds is 0. The molecule has 10 heavy (non-hydrogen) atoms. The van der Waals surface area contributed by atoms with Gasteiger partial charge in [0.1, 0.15) is 11.9 Å². The van der Waals surface area contributed by atoms with E-state index in [0.29, 0.717) is 6.10 Å². The number of allylic oxidation sites excluding steroid dienone is 1. The summed E-state index contributed by atoms with van der Waals surface area (Å²) in [5.41, 5.74) is 0. The quantitative estimate of drug-likeness (QED) is 0.545. The topological polar surface area (TPSA) is 21.3 Å². The van der Waals surface area contributed by atoms with E-state index in [-0.39, 0.29) is 0 Å². The summed E-state index contributed by atoms with van der Waals surface area (Å²) in [5, 5.41) is 3.22. The van der Waals surface area contributed by atoms with E-state index < -0.39 is 0 Å². The van der Waals surface area contributed by atoms with Crippen molar-refractivity contribution in [3.05, 3.63) is 12.0 Å². The molecule has 2 aliphatic rings. The first kappa shape index (κ1) is 6.08. The van der Waals surface area contributed by atoms with Gasteiger partial charge in [-0.2, -0.15) is 0 Å². The Bertz CT molecular complexity index is 165. The monoisotopic (exact) mass is 139 g/mol. The highest BCUT2D eigenvalue weighted by atomic mass is 16.5. The van der Waals surface area contributed by atoms with E-state index in [4.69, 9.17) is 4.74 Å². The summed E-state index contributed by atoms with van der Waals surface area (Å²) in [4.78, 5) is 0. The van der Waals surface area contributed by atoms with Crippen LogP contribution in [0.5, 0.6) is 0 Å². The molecule has 0 amide bonds.